The summed E-state index contributed by atoms with van der Waals surface area (Å²) in [4.78, 5) is 22.2. The lowest BCUT2D eigenvalue weighted by Crippen LogP contribution is -2.53. The van der Waals surface area contributed by atoms with Crippen molar-refractivity contribution in [1.29, 1.82) is 0 Å². The number of aliphatic hydroxyl groups is 1. The third kappa shape index (κ3) is 9.18. The number of nitrogens with one attached hydrogen (secondary N) is 2. The zero-order chi connectivity index (χ0) is 38.2. The van der Waals surface area contributed by atoms with Crippen LogP contribution >= 0.6 is 0 Å². The van der Waals surface area contributed by atoms with Gasteiger partial charge in [0.1, 0.15) is 11.5 Å². The number of rotatable bonds is 14. The van der Waals surface area contributed by atoms with Crippen molar-refractivity contribution in [3.8, 4) is 11.5 Å². The first-order chi connectivity index (χ1) is 25.3. The minimum absolute atomic E-state index is 0.0108. The van der Waals surface area contributed by atoms with Gasteiger partial charge in [0.15, 0.2) is 11.6 Å². The summed E-state index contributed by atoms with van der Waals surface area (Å²) in [5.74, 6) is 0.0488. The fraction of sp³-hybridized carbons (Fsp3) is 0.278. The van der Waals surface area contributed by atoms with E-state index in [0.29, 0.717) is 46.7 Å². The second-order valence-corrected chi connectivity index (χ2v) is 11.8. The van der Waals surface area contributed by atoms with Crippen LogP contribution in [0.15, 0.2) is 101 Å². The molecule has 4 aromatic rings. The fourth-order valence-corrected chi connectivity index (χ4v) is 5.64. The van der Waals surface area contributed by atoms with E-state index in [9.17, 15) is 36.7 Å². The van der Waals surface area contributed by atoms with Crippen LogP contribution in [0.25, 0.3) is 10.4 Å². The highest BCUT2D eigenvalue weighted by Crippen LogP contribution is 2.44. The lowest BCUT2D eigenvalue weighted by Gasteiger charge is -2.31. The van der Waals surface area contributed by atoms with Crippen molar-refractivity contribution >= 4 is 17.5 Å². The summed E-state index contributed by atoms with van der Waals surface area (Å²) in [5.41, 5.74) is 10.2. The first-order valence-corrected chi connectivity index (χ1v) is 16.0. The number of ether oxygens (including phenoxy) is 3. The number of alkyl halides is 6. The monoisotopic (exact) mass is 742 g/mol. The molecule has 0 spiro atoms. The van der Waals surface area contributed by atoms with E-state index in [1.165, 1.54) is 13.2 Å². The molecule has 0 aromatic heterocycles. The Bertz CT molecular complexity index is 1970. The smallest absolute Gasteiger partial charge is 0.416 e. The Morgan fingerprint density at radius 2 is 1.66 bits per heavy atom. The molecule has 5 rings (SSSR count). The molecule has 11 nitrogen and oxygen atoms in total. The lowest BCUT2D eigenvalue weighted by molar-refractivity contribution is -0.143. The molecular formula is C36H32F6N6O5. The van der Waals surface area contributed by atoms with Crippen molar-refractivity contribution in [3.63, 3.8) is 0 Å². The van der Waals surface area contributed by atoms with Crippen LogP contribution < -0.4 is 20.3 Å². The highest BCUT2D eigenvalue weighted by molar-refractivity contribution is 6.01. The third-order valence-electron chi connectivity index (χ3n) is 8.17. The summed E-state index contributed by atoms with van der Waals surface area (Å²) >= 11 is 0. The van der Waals surface area contributed by atoms with E-state index >= 15 is 0 Å². The van der Waals surface area contributed by atoms with Gasteiger partial charge in [-0.3, -0.25) is 10.2 Å². The van der Waals surface area contributed by atoms with Crippen LogP contribution in [0.1, 0.15) is 45.9 Å². The number of nitrogens with zero attached hydrogens (tertiary/aromatic N) is 4. The first-order valence-electron chi connectivity index (χ1n) is 16.0. The Balaban J connectivity index is 1.57. The molecule has 0 radical (unpaired) electrons. The Kier molecular flexibility index (Phi) is 11.8. The Hall–Kier alpha value is -5.77. The lowest BCUT2D eigenvalue weighted by atomic mass is 9.81. The molecule has 4 aromatic carbocycles. The van der Waals surface area contributed by atoms with Gasteiger partial charge in [0.05, 0.1) is 24.8 Å². The molecule has 17 heteroatoms. The van der Waals surface area contributed by atoms with E-state index in [-0.39, 0.29) is 37.3 Å². The number of hydrogen-bond donors (Lipinski definition) is 3. The third-order valence-corrected chi connectivity index (χ3v) is 8.17. The van der Waals surface area contributed by atoms with Gasteiger partial charge in [0, 0.05) is 42.2 Å². The predicted octanol–water partition coefficient (Wildman–Crippen LogP) is 7.76. The van der Waals surface area contributed by atoms with E-state index < -0.39 is 53.1 Å². The molecular weight excluding hydrogens is 710 g/mol. The number of carbonyl (C=O) groups is 1. The van der Waals surface area contributed by atoms with Crippen LogP contribution in [-0.2, 0) is 34.8 Å². The Morgan fingerprint density at radius 1 is 0.962 bits per heavy atom. The molecule has 53 heavy (non-hydrogen) atoms. The highest BCUT2D eigenvalue weighted by atomic mass is 19.4. The minimum atomic E-state index is -5.07. The van der Waals surface area contributed by atoms with Gasteiger partial charge in [-0.25, -0.2) is 10.4 Å². The standard InChI is InChI=1S/C36H32F6N6O5/c1-51-29-8-4-7-24(18-29)31-34(20-25-6-2-3-9-30(25)46-48-43,45-32(53-31)23-10-12-28(13-11-23)52-15-5-14-49)33(50)47-44-21-22-16-26(35(37,38)39)19-27(17-22)36(40,41)42/h2-4,6-13,16-19,31,44,49H,5,14-15,20-21H2,1H3,(H,47,50)/t31-,34-/m0/s1. The first kappa shape index (κ1) is 38.5. The van der Waals surface area contributed by atoms with Crippen molar-refractivity contribution < 1.29 is 50.5 Å². The second-order valence-electron chi connectivity index (χ2n) is 11.8. The number of aliphatic imine (C=N–C) groups is 1. The van der Waals surface area contributed by atoms with Gasteiger partial charge in [0.25, 0.3) is 5.91 Å². The molecule has 1 amide bonds. The molecule has 2 atom stereocenters. The quantitative estimate of drug-likeness (QED) is 0.0300. The summed E-state index contributed by atoms with van der Waals surface area (Å²) < 4.78 is 98.6. The van der Waals surface area contributed by atoms with Gasteiger partial charge in [-0.15, -0.1) is 0 Å². The van der Waals surface area contributed by atoms with E-state index in [0.717, 1.165) is 0 Å². The maximum atomic E-state index is 14.5. The number of amides is 1. The zero-order valence-electron chi connectivity index (χ0n) is 27.9. The summed E-state index contributed by atoms with van der Waals surface area (Å²) in [6.07, 6.45) is -11.2. The fourth-order valence-electron chi connectivity index (χ4n) is 5.64. The maximum absolute atomic E-state index is 14.5. The van der Waals surface area contributed by atoms with Crippen LogP contribution in [0.4, 0.5) is 32.0 Å². The number of azide groups is 1. The molecule has 278 valence electrons. The number of hydrazine groups is 1. The molecule has 0 bridgehead atoms. The molecule has 1 aliphatic rings. The minimum Gasteiger partial charge on any atom is -0.497 e. The number of aliphatic hydroxyl groups excluding tert-OH is 1. The zero-order valence-corrected chi connectivity index (χ0v) is 27.9. The number of halogens is 6. The van der Waals surface area contributed by atoms with Crippen LogP contribution in [0.2, 0.25) is 0 Å². The molecule has 1 aliphatic heterocycles. The molecule has 3 N–H and O–H groups in total. The number of benzene rings is 4. The van der Waals surface area contributed by atoms with E-state index in [4.69, 9.17) is 24.3 Å². The normalized spacial score (nSPS) is 17.0. The summed E-state index contributed by atoms with van der Waals surface area (Å²) in [6, 6.07) is 20.7. The number of methoxy groups -OCH3 is 1. The van der Waals surface area contributed by atoms with Crippen LogP contribution in [0.5, 0.6) is 11.5 Å². The topological polar surface area (TPSA) is 150 Å². The van der Waals surface area contributed by atoms with Crippen molar-refractivity contribution in [2.75, 3.05) is 20.3 Å². The van der Waals surface area contributed by atoms with E-state index in [1.54, 1.807) is 66.7 Å². The summed E-state index contributed by atoms with van der Waals surface area (Å²) in [6.45, 7) is -0.419. The Labute approximate surface area is 298 Å². The molecule has 0 saturated carbocycles. The van der Waals surface area contributed by atoms with Crippen molar-refractivity contribution in [2.24, 2.45) is 10.1 Å². The van der Waals surface area contributed by atoms with E-state index in [1.807, 2.05) is 0 Å². The summed E-state index contributed by atoms with van der Waals surface area (Å²) in [7, 11) is 1.44. The molecule has 1 heterocycles. The second kappa shape index (κ2) is 16.3. The molecule has 0 saturated heterocycles. The largest absolute Gasteiger partial charge is 0.497 e. The molecule has 0 unspecified atom stereocenters. The van der Waals surface area contributed by atoms with Crippen LogP contribution in [-0.4, -0.2) is 42.8 Å². The van der Waals surface area contributed by atoms with Crippen LogP contribution in [0, 0.1) is 0 Å². The van der Waals surface area contributed by atoms with Gasteiger partial charge in [-0.05, 0) is 76.8 Å². The van der Waals surface area contributed by atoms with Crippen LogP contribution in [0.3, 0.4) is 0 Å². The van der Waals surface area contributed by atoms with Crippen molar-refractivity contribution in [1.82, 2.24) is 10.9 Å². The van der Waals surface area contributed by atoms with Gasteiger partial charge < -0.3 is 19.3 Å². The van der Waals surface area contributed by atoms with Crippen molar-refractivity contribution in [2.45, 2.75) is 43.4 Å². The van der Waals surface area contributed by atoms with Gasteiger partial charge in [0.2, 0.25) is 5.90 Å². The maximum Gasteiger partial charge on any atom is 0.416 e. The van der Waals surface area contributed by atoms with Gasteiger partial charge >= 0.3 is 12.4 Å². The number of carbonyl (C=O) groups excluding carboxylic acids is 1. The molecule has 0 aliphatic carbocycles. The predicted molar refractivity (Wildman–Crippen MR) is 180 cm³/mol. The average Bonchev–Trinajstić information content (AvgIpc) is 3.52. The average molecular weight is 743 g/mol. The highest BCUT2D eigenvalue weighted by Gasteiger charge is 2.54. The van der Waals surface area contributed by atoms with Gasteiger partial charge in [-0.1, -0.05) is 41.5 Å². The number of hydrogen-bond acceptors (Lipinski definition) is 8. The Morgan fingerprint density at radius 3 is 2.30 bits per heavy atom. The van der Waals surface area contributed by atoms with Crippen molar-refractivity contribution in [3.05, 3.63) is 135 Å². The van der Waals surface area contributed by atoms with Gasteiger partial charge in [-0.2, -0.15) is 26.3 Å². The molecule has 0 fully saturated rings. The van der Waals surface area contributed by atoms with E-state index in [2.05, 4.69) is 20.9 Å². The summed E-state index contributed by atoms with van der Waals surface area (Å²) in [5, 5.41) is 12.8. The SMILES string of the molecule is COc1cccc([C@@H]2OC(c3ccc(OCCCO)cc3)=N[C@]2(Cc2ccccc2N=[N+]=[N-])C(=O)NNCc2cc(C(F)(F)F)cc(C(F)(F)F)c2)c1.